The molecule has 0 aliphatic carbocycles. The fourth-order valence-corrected chi connectivity index (χ4v) is 2.44. The Morgan fingerprint density at radius 1 is 0.641 bits per heavy atom. The summed E-state index contributed by atoms with van der Waals surface area (Å²) in [5.41, 5.74) is -1.02. The van der Waals surface area contributed by atoms with Crippen molar-refractivity contribution in [1.82, 2.24) is 0 Å². The lowest BCUT2D eigenvalue weighted by Gasteiger charge is -2.50. The maximum Gasteiger partial charge on any atom is 0.330 e. The van der Waals surface area contributed by atoms with Crippen molar-refractivity contribution in [3.05, 3.63) is 36.5 Å². The lowest BCUT2D eigenvalue weighted by molar-refractivity contribution is -0.380. The van der Waals surface area contributed by atoms with E-state index >= 15 is 0 Å². The first kappa shape index (κ1) is 43.4. The van der Waals surface area contributed by atoms with Gasteiger partial charge in [-0.1, -0.05) is 19.7 Å². The zero-order valence-corrected chi connectivity index (χ0v) is 24.2. The molecule has 1 atom stereocenters. The van der Waals surface area contributed by atoms with Gasteiger partial charge in [0, 0.05) is 43.1 Å². The molecular weight excluding hydrogens is 520 g/mol. The standard InChI is InChI=1S/C14H30O7.3C4H6O2/c1-5-18-12(9-15)14(20-7-3,21-8-4)13(10-16,11-17)19-6-2;3*1-3(2)4(5)6/h12,15-17H,5-11H2,1-4H3;3*1H2,2H3,(H,5,6). The molecule has 0 aromatic heterocycles. The maximum absolute atomic E-state index is 9.83. The van der Waals surface area contributed by atoms with Gasteiger partial charge in [0.05, 0.1) is 19.8 Å². The molecular formula is C26H48O13. The average Bonchev–Trinajstić information content (AvgIpc) is 2.86. The molecule has 13 nitrogen and oxygen atoms in total. The van der Waals surface area contributed by atoms with Crippen molar-refractivity contribution >= 4 is 17.9 Å². The van der Waals surface area contributed by atoms with Crippen LogP contribution < -0.4 is 0 Å². The molecule has 0 bridgehead atoms. The lowest BCUT2D eigenvalue weighted by atomic mass is 9.88. The van der Waals surface area contributed by atoms with Gasteiger partial charge in [-0.15, -0.1) is 0 Å². The summed E-state index contributed by atoms with van der Waals surface area (Å²) in [6, 6.07) is 0. The van der Waals surface area contributed by atoms with Gasteiger partial charge in [0.1, 0.15) is 6.10 Å². The number of carboxylic acid groups (broad SMARTS) is 3. The second kappa shape index (κ2) is 24.4. The first-order valence-corrected chi connectivity index (χ1v) is 12.0. The van der Waals surface area contributed by atoms with Crippen LogP contribution in [0.3, 0.4) is 0 Å². The minimum Gasteiger partial charge on any atom is -0.478 e. The van der Waals surface area contributed by atoms with Crippen molar-refractivity contribution in [2.45, 2.75) is 66.0 Å². The van der Waals surface area contributed by atoms with Gasteiger partial charge >= 0.3 is 17.9 Å². The Morgan fingerprint density at radius 2 is 0.923 bits per heavy atom. The fraction of sp³-hybridized carbons (Fsp3) is 0.654. The molecule has 0 heterocycles. The highest BCUT2D eigenvalue weighted by molar-refractivity contribution is 5.85. The summed E-state index contributed by atoms with van der Waals surface area (Å²) in [5.74, 6) is -4.42. The van der Waals surface area contributed by atoms with Crippen LogP contribution in [0.1, 0.15) is 48.5 Å². The number of hydrogen-bond donors (Lipinski definition) is 6. The van der Waals surface area contributed by atoms with Gasteiger partial charge < -0.3 is 49.6 Å². The minimum atomic E-state index is -1.61. The number of hydrogen-bond acceptors (Lipinski definition) is 10. The van der Waals surface area contributed by atoms with Crippen LogP contribution >= 0.6 is 0 Å². The van der Waals surface area contributed by atoms with Crippen molar-refractivity contribution in [1.29, 1.82) is 0 Å². The summed E-state index contributed by atoms with van der Waals surface area (Å²) in [6.45, 7) is 20.3. The number of carbonyl (C=O) groups is 3. The van der Waals surface area contributed by atoms with E-state index in [1.807, 2.05) is 0 Å². The molecule has 0 aliphatic heterocycles. The monoisotopic (exact) mass is 568 g/mol. The van der Waals surface area contributed by atoms with Crippen molar-refractivity contribution in [2.75, 3.05) is 46.2 Å². The molecule has 0 aromatic rings. The van der Waals surface area contributed by atoms with Gasteiger partial charge in [-0.2, -0.15) is 0 Å². The highest BCUT2D eigenvalue weighted by atomic mass is 16.7. The first-order valence-electron chi connectivity index (χ1n) is 12.0. The van der Waals surface area contributed by atoms with Crippen molar-refractivity contribution in [3.63, 3.8) is 0 Å². The van der Waals surface area contributed by atoms with Crippen LogP contribution in [0, 0.1) is 0 Å². The normalized spacial score (nSPS) is 11.2. The molecule has 230 valence electrons. The second-order valence-electron chi connectivity index (χ2n) is 7.66. The van der Waals surface area contributed by atoms with E-state index in [0.717, 1.165) is 0 Å². The maximum atomic E-state index is 9.83. The smallest absolute Gasteiger partial charge is 0.330 e. The van der Waals surface area contributed by atoms with Crippen LogP contribution in [0.15, 0.2) is 36.5 Å². The van der Waals surface area contributed by atoms with E-state index in [1.165, 1.54) is 20.8 Å². The molecule has 0 radical (unpaired) electrons. The van der Waals surface area contributed by atoms with Crippen LogP contribution in [-0.2, 0) is 33.3 Å². The largest absolute Gasteiger partial charge is 0.478 e. The number of carboxylic acids is 3. The molecule has 0 aromatic carbocycles. The number of aliphatic carboxylic acids is 3. The topological polar surface area (TPSA) is 210 Å². The Labute approximate surface area is 231 Å². The molecule has 0 saturated carbocycles. The highest BCUT2D eigenvalue weighted by Gasteiger charge is 2.60. The van der Waals surface area contributed by atoms with Gasteiger partial charge in [0.25, 0.3) is 0 Å². The summed E-state index contributed by atoms with van der Waals surface area (Å²) >= 11 is 0. The Bertz CT molecular complexity index is 643. The predicted molar refractivity (Wildman–Crippen MR) is 144 cm³/mol. The SMILES string of the molecule is C=C(C)C(=O)O.C=C(C)C(=O)O.C=C(C)C(=O)O.CCOC(CO)C(OCC)(OCC)C(CO)(CO)OCC. The zero-order valence-electron chi connectivity index (χ0n) is 24.2. The molecule has 0 rings (SSSR count). The van der Waals surface area contributed by atoms with Gasteiger partial charge in [0.2, 0.25) is 5.79 Å². The molecule has 0 saturated heterocycles. The third-order valence-electron chi connectivity index (χ3n) is 4.34. The van der Waals surface area contributed by atoms with Crippen LogP contribution in [-0.4, -0.2) is 112 Å². The van der Waals surface area contributed by atoms with Crippen molar-refractivity contribution in [3.8, 4) is 0 Å². The Hall–Kier alpha value is -2.65. The van der Waals surface area contributed by atoms with Crippen molar-refractivity contribution in [2.24, 2.45) is 0 Å². The third kappa shape index (κ3) is 17.5. The van der Waals surface area contributed by atoms with E-state index in [-0.39, 0.29) is 36.5 Å². The molecule has 0 spiro atoms. The summed E-state index contributed by atoms with van der Waals surface area (Å²) in [7, 11) is 0. The molecule has 13 heteroatoms. The van der Waals surface area contributed by atoms with Crippen LogP contribution in [0.2, 0.25) is 0 Å². The van der Waals surface area contributed by atoms with Crippen molar-refractivity contribution < 1.29 is 64.0 Å². The van der Waals surface area contributed by atoms with E-state index < -0.39 is 55.2 Å². The molecule has 39 heavy (non-hydrogen) atoms. The van der Waals surface area contributed by atoms with Crippen LogP contribution in [0.4, 0.5) is 0 Å². The number of rotatable bonds is 16. The molecule has 0 aliphatic rings. The zero-order chi connectivity index (χ0) is 31.8. The van der Waals surface area contributed by atoms with Gasteiger partial charge in [-0.3, -0.25) is 0 Å². The fourth-order valence-electron chi connectivity index (χ4n) is 2.44. The van der Waals surface area contributed by atoms with E-state index in [0.29, 0.717) is 6.61 Å². The molecule has 1 unspecified atom stereocenters. The molecule has 0 fully saturated rings. The lowest BCUT2D eigenvalue weighted by Crippen LogP contribution is -2.70. The van der Waals surface area contributed by atoms with Gasteiger partial charge in [-0.05, 0) is 48.5 Å². The quantitative estimate of drug-likeness (QED) is 0.116. The van der Waals surface area contributed by atoms with Gasteiger partial charge in [0.15, 0.2) is 5.60 Å². The average molecular weight is 569 g/mol. The molecule has 0 amide bonds. The Kier molecular flexibility index (Phi) is 27.1. The Morgan fingerprint density at radius 3 is 1.08 bits per heavy atom. The number of aliphatic hydroxyl groups excluding tert-OH is 3. The highest BCUT2D eigenvalue weighted by Crippen LogP contribution is 2.36. The molecule has 6 N–H and O–H groups in total. The van der Waals surface area contributed by atoms with Crippen LogP contribution in [0.5, 0.6) is 0 Å². The van der Waals surface area contributed by atoms with E-state index in [2.05, 4.69) is 19.7 Å². The van der Waals surface area contributed by atoms with Gasteiger partial charge in [-0.25, -0.2) is 14.4 Å². The summed E-state index contributed by atoms with van der Waals surface area (Å²) in [5, 5.41) is 53.0. The van der Waals surface area contributed by atoms with E-state index in [4.69, 9.17) is 34.3 Å². The third-order valence-corrected chi connectivity index (χ3v) is 4.34. The summed E-state index contributed by atoms with van der Waals surface area (Å²) in [4.78, 5) is 28.8. The van der Waals surface area contributed by atoms with E-state index in [1.54, 1.807) is 27.7 Å². The summed E-state index contributed by atoms with van der Waals surface area (Å²) < 4.78 is 22.5. The summed E-state index contributed by atoms with van der Waals surface area (Å²) in [6.07, 6.45) is -0.909. The minimum absolute atomic E-state index is 0.176. The van der Waals surface area contributed by atoms with Crippen LogP contribution in [0.25, 0.3) is 0 Å². The number of aliphatic hydroxyl groups is 3. The van der Waals surface area contributed by atoms with E-state index in [9.17, 15) is 29.7 Å². The second-order valence-corrected chi connectivity index (χ2v) is 7.66. The number of ether oxygens (including phenoxy) is 4. The Balaban J connectivity index is -0.000000274. The first-order chi connectivity index (χ1) is 18.0. The predicted octanol–water partition coefficient (Wildman–Crippen LogP) is 1.85.